The molecule has 7 nitrogen and oxygen atoms in total. The van der Waals surface area contributed by atoms with Crippen molar-refractivity contribution in [3.05, 3.63) is 89.9 Å². The minimum absolute atomic E-state index is 0.233. The van der Waals surface area contributed by atoms with Crippen LogP contribution in [0.1, 0.15) is 21.6 Å². The fraction of sp³-hybridized carbons (Fsp3) is 0.100. The van der Waals surface area contributed by atoms with Crippen molar-refractivity contribution in [2.24, 2.45) is 0 Å². The molecule has 0 radical (unpaired) electrons. The standard InChI is InChI=1S/C20H17FN6O/c1-14-18(13-25-27(14)17-5-3-16(21)4-6-17)20(28)23-12-15-7-9-22-19(11-15)26-10-2-8-24-26/h2-11,13H,12H2,1H3,(H,23,28). The number of halogens is 1. The van der Waals surface area contributed by atoms with Gasteiger partial charge in [0.05, 0.1) is 23.1 Å². The van der Waals surface area contributed by atoms with Gasteiger partial charge in [0, 0.05) is 25.1 Å². The van der Waals surface area contributed by atoms with Crippen LogP contribution >= 0.6 is 0 Å². The number of pyridine rings is 1. The molecule has 4 aromatic rings. The van der Waals surface area contributed by atoms with E-state index in [4.69, 9.17) is 0 Å². The first kappa shape index (κ1) is 17.6. The lowest BCUT2D eigenvalue weighted by Gasteiger charge is -2.08. The predicted molar refractivity (Wildman–Crippen MR) is 101 cm³/mol. The minimum Gasteiger partial charge on any atom is -0.348 e. The number of carbonyl (C=O) groups excluding carboxylic acids is 1. The molecule has 4 rings (SSSR count). The number of rotatable bonds is 5. The topological polar surface area (TPSA) is 77.6 Å². The Balaban J connectivity index is 1.48. The first-order valence-electron chi connectivity index (χ1n) is 8.65. The third kappa shape index (κ3) is 3.52. The Bertz CT molecular complexity index is 1100. The second kappa shape index (κ2) is 7.43. The normalized spacial score (nSPS) is 10.8. The van der Waals surface area contributed by atoms with Gasteiger partial charge in [-0.1, -0.05) is 0 Å². The van der Waals surface area contributed by atoms with Crippen LogP contribution in [0, 0.1) is 12.7 Å². The zero-order chi connectivity index (χ0) is 19.5. The second-order valence-corrected chi connectivity index (χ2v) is 6.19. The van der Waals surface area contributed by atoms with Gasteiger partial charge >= 0.3 is 0 Å². The molecule has 3 aromatic heterocycles. The van der Waals surface area contributed by atoms with Gasteiger partial charge in [-0.05, 0) is 55.0 Å². The predicted octanol–water partition coefficient (Wildman–Crippen LogP) is 2.83. The summed E-state index contributed by atoms with van der Waals surface area (Å²) in [6.45, 7) is 2.14. The fourth-order valence-corrected chi connectivity index (χ4v) is 2.85. The van der Waals surface area contributed by atoms with Gasteiger partial charge in [0.25, 0.3) is 5.91 Å². The highest BCUT2D eigenvalue weighted by Crippen LogP contribution is 2.15. The molecule has 0 aliphatic carbocycles. The van der Waals surface area contributed by atoms with E-state index in [0.717, 1.165) is 5.56 Å². The van der Waals surface area contributed by atoms with Gasteiger partial charge in [0.15, 0.2) is 5.82 Å². The number of nitrogens with zero attached hydrogens (tertiary/aromatic N) is 5. The van der Waals surface area contributed by atoms with Crippen molar-refractivity contribution in [1.29, 1.82) is 0 Å². The van der Waals surface area contributed by atoms with Crippen molar-refractivity contribution in [1.82, 2.24) is 29.9 Å². The van der Waals surface area contributed by atoms with Crippen molar-refractivity contribution in [2.75, 3.05) is 0 Å². The number of hydrogen-bond donors (Lipinski definition) is 1. The lowest BCUT2D eigenvalue weighted by Crippen LogP contribution is -2.23. The lowest BCUT2D eigenvalue weighted by molar-refractivity contribution is 0.0950. The Hall–Kier alpha value is -3.81. The maximum atomic E-state index is 13.1. The summed E-state index contributed by atoms with van der Waals surface area (Å²) in [6.07, 6.45) is 6.67. The molecule has 140 valence electrons. The number of nitrogens with one attached hydrogen (secondary N) is 1. The van der Waals surface area contributed by atoms with Crippen LogP contribution in [0.2, 0.25) is 0 Å². The maximum absolute atomic E-state index is 13.1. The molecule has 0 saturated carbocycles. The monoisotopic (exact) mass is 376 g/mol. The van der Waals surface area contributed by atoms with Gasteiger partial charge in [-0.25, -0.2) is 18.7 Å². The van der Waals surface area contributed by atoms with E-state index in [9.17, 15) is 9.18 Å². The van der Waals surface area contributed by atoms with Gasteiger partial charge in [0.2, 0.25) is 0 Å². The molecule has 1 amide bonds. The van der Waals surface area contributed by atoms with Crippen LogP contribution in [-0.4, -0.2) is 30.5 Å². The highest BCUT2D eigenvalue weighted by molar-refractivity contribution is 5.95. The summed E-state index contributed by atoms with van der Waals surface area (Å²) >= 11 is 0. The Labute approximate surface area is 160 Å². The molecule has 28 heavy (non-hydrogen) atoms. The average molecular weight is 376 g/mol. The Morgan fingerprint density at radius 2 is 1.96 bits per heavy atom. The van der Waals surface area contributed by atoms with E-state index >= 15 is 0 Å². The van der Waals surface area contributed by atoms with Crippen LogP contribution in [0.4, 0.5) is 4.39 Å². The molecule has 3 heterocycles. The summed E-state index contributed by atoms with van der Waals surface area (Å²) in [7, 11) is 0. The summed E-state index contributed by atoms with van der Waals surface area (Å²) in [6, 6.07) is 11.5. The summed E-state index contributed by atoms with van der Waals surface area (Å²) in [5.74, 6) is 0.124. The maximum Gasteiger partial charge on any atom is 0.255 e. The molecule has 0 aliphatic heterocycles. The number of amides is 1. The molecule has 0 saturated heterocycles. The van der Waals surface area contributed by atoms with Crippen LogP contribution < -0.4 is 5.32 Å². The highest BCUT2D eigenvalue weighted by Gasteiger charge is 2.15. The molecular formula is C20H17FN6O. The van der Waals surface area contributed by atoms with Gasteiger partial charge in [-0.2, -0.15) is 10.2 Å². The van der Waals surface area contributed by atoms with Gasteiger partial charge in [-0.15, -0.1) is 0 Å². The smallest absolute Gasteiger partial charge is 0.255 e. The molecule has 1 aromatic carbocycles. The van der Waals surface area contributed by atoms with E-state index in [0.29, 0.717) is 29.3 Å². The fourth-order valence-electron chi connectivity index (χ4n) is 2.85. The third-order valence-electron chi connectivity index (χ3n) is 4.33. The van der Waals surface area contributed by atoms with Crippen molar-refractivity contribution < 1.29 is 9.18 Å². The van der Waals surface area contributed by atoms with Crippen LogP contribution in [0.3, 0.4) is 0 Å². The van der Waals surface area contributed by atoms with Crippen molar-refractivity contribution in [3.63, 3.8) is 0 Å². The zero-order valence-electron chi connectivity index (χ0n) is 15.1. The second-order valence-electron chi connectivity index (χ2n) is 6.19. The Morgan fingerprint density at radius 1 is 1.14 bits per heavy atom. The van der Waals surface area contributed by atoms with Gasteiger partial charge in [0.1, 0.15) is 5.82 Å². The Morgan fingerprint density at radius 3 is 2.71 bits per heavy atom. The quantitative estimate of drug-likeness (QED) is 0.581. The van der Waals surface area contributed by atoms with Crippen molar-refractivity contribution in [2.45, 2.75) is 13.5 Å². The highest BCUT2D eigenvalue weighted by atomic mass is 19.1. The minimum atomic E-state index is -0.321. The lowest BCUT2D eigenvalue weighted by atomic mass is 10.2. The van der Waals surface area contributed by atoms with Gasteiger partial charge < -0.3 is 5.32 Å². The summed E-state index contributed by atoms with van der Waals surface area (Å²) in [5.41, 5.74) is 2.73. The summed E-state index contributed by atoms with van der Waals surface area (Å²) < 4.78 is 16.4. The molecule has 0 aliphatic rings. The van der Waals surface area contributed by atoms with Gasteiger partial charge in [-0.3, -0.25) is 4.79 Å². The number of carbonyl (C=O) groups is 1. The largest absolute Gasteiger partial charge is 0.348 e. The van der Waals surface area contributed by atoms with E-state index in [1.165, 1.54) is 18.3 Å². The number of benzene rings is 1. The molecule has 0 fully saturated rings. The van der Waals surface area contributed by atoms with Crippen LogP contribution in [0.5, 0.6) is 0 Å². The SMILES string of the molecule is Cc1c(C(=O)NCc2ccnc(-n3cccn3)c2)cnn1-c1ccc(F)cc1. The average Bonchev–Trinajstić information content (AvgIpc) is 3.37. The number of hydrogen-bond acceptors (Lipinski definition) is 4. The Kier molecular flexibility index (Phi) is 4.67. The molecule has 0 spiro atoms. The number of aromatic nitrogens is 5. The molecule has 0 unspecified atom stereocenters. The molecule has 1 N–H and O–H groups in total. The van der Waals surface area contributed by atoms with Crippen LogP contribution in [0.15, 0.2) is 67.3 Å². The van der Waals surface area contributed by atoms with E-state index in [1.54, 1.807) is 47.0 Å². The third-order valence-corrected chi connectivity index (χ3v) is 4.33. The van der Waals surface area contributed by atoms with Crippen molar-refractivity contribution in [3.8, 4) is 11.5 Å². The summed E-state index contributed by atoms with van der Waals surface area (Å²) in [4.78, 5) is 16.9. The molecule has 0 atom stereocenters. The van der Waals surface area contributed by atoms with E-state index in [-0.39, 0.29) is 11.7 Å². The molecular weight excluding hydrogens is 359 g/mol. The van der Waals surface area contributed by atoms with Crippen molar-refractivity contribution >= 4 is 5.91 Å². The molecule has 8 heteroatoms. The summed E-state index contributed by atoms with van der Waals surface area (Å²) in [5, 5.41) is 11.3. The first-order valence-corrected chi connectivity index (χ1v) is 8.65. The van der Waals surface area contributed by atoms with E-state index in [1.807, 2.05) is 18.2 Å². The zero-order valence-corrected chi connectivity index (χ0v) is 15.1. The van der Waals surface area contributed by atoms with E-state index in [2.05, 4.69) is 20.5 Å². The van der Waals surface area contributed by atoms with Crippen LogP contribution in [0.25, 0.3) is 11.5 Å². The first-order chi connectivity index (χ1) is 13.6. The molecule has 0 bridgehead atoms. The van der Waals surface area contributed by atoms with E-state index < -0.39 is 0 Å². The van der Waals surface area contributed by atoms with Crippen LogP contribution in [-0.2, 0) is 6.54 Å².